The van der Waals surface area contributed by atoms with Crippen molar-refractivity contribution < 1.29 is 19.4 Å². The molecule has 5 heteroatoms. The van der Waals surface area contributed by atoms with E-state index in [1.807, 2.05) is 25.1 Å². The third-order valence-corrected chi connectivity index (χ3v) is 3.27. The van der Waals surface area contributed by atoms with E-state index < -0.39 is 17.4 Å². The van der Waals surface area contributed by atoms with Gasteiger partial charge in [0.05, 0.1) is 0 Å². The van der Waals surface area contributed by atoms with Gasteiger partial charge in [-0.3, -0.25) is 4.79 Å². The van der Waals surface area contributed by atoms with Crippen LogP contribution in [0.4, 0.5) is 0 Å². The zero-order valence-electron chi connectivity index (χ0n) is 12.1. The molecule has 0 saturated carbocycles. The summed E-state index contributed by atoms with van der Waals surface area (Å²) >= 11 is 0. The van der Waals surface area contributed by atoms with Gasteiger partial charge in [-0.25, -0.2) is 4.79 Å². The molecule has 1 unspecified atom stereocenters. The minimum absolute atomic E-state index is 0.198. The number of aryl methyl sites for hydroxylation is 1. The van der Waals surface area contributed by atoms with Crippen molar-refractivity contribution in [1.29, 1.82) is 0 Å². The van der Waals surface area contributed by atoms with Crippen molar-refractivity contribution in [2.45, 2.75) is 39.2 Å². The monoisotopic (exact) mass is 279 g/mol. The van der Waals surface area contributed by atoms with Gasteiger partial charge in [-0.1, -0.05) is 26.0 Å². The van der Waals surface area contributed by atoms with E-state index in [0.29, 0.717) is 12.2 Å². The van der Waals surface area contributed by atoms with E-state index >= 15 is 0 Å². The Morgan fingerprint density at radius 3 is 2.60 bits per heavy atom. The zero-order chi connectivity index (χ0) is 15.2. The summed E-state index contributed by atoms with van der Waals surface area (Å²) in [5, 5.41) is 11.6. The molecular weight excluding hydrogens is 258 g/mol. The molecule has 0 fully saturated rings. The molecule has 110 valence electrons. The number of rotatable bonds is 7. The highest BCUT2D eigenvalue weighted by atomic mass is 16.5. The molecule has 1 aromatic carbocycles. The summed E-state index contributed by atoms with van der Waals surface area (Å²) in [5.41, 5.74) is -0.141. The van der Waals surface area contributed by atoms with Crippen molar-refractivity contribution in [1.82, 2.24) is 5.32 Å². The predicted molar refractivity (Wildman–Crippen MR) is 75.8 cm³/mol. The van der Waals surface area contributed by atoms with Crippen LogP contribution in [0, 0.1) is 0 Å². The molecule has 0 heterocycles. The molecule has 0 radical (unpaired) electrons. The van der Waals surface area contributed by atoms with E-state index in [0.717, 1.165) is 12.0 Å². The van der Waals surface area contributed by atoms with Crippen molar-refractivity contribution in [3.8, 4) is 5.75 Å². The lowest BCUT2D eigenvalue weighted by atomic mass is 9.99. The van der Waals surface area contributed by atoms with Gasteiger partial charge in [-0.15, -0.1) is 0 Å². The van der Waals surface area contributed by atoms with Gasteiger partial charge in [0.15, 0.2) is 6.61 Å². The Balaban J connectivity index is 2.57. The van der Waals surface area contributed by atoms with Crippen molar-refractivity contribution >= 4 is 11.9 Å². The maximum Gasteiger partial charge on any atom is 0.329 e. The molecule has 0 saturated heterocycles. The smallest absolute Gasteiger partial charge is 0.329 e. The van der Waals surface area contributed by atoms with E-state index in [9.17, 15) is 9.59 Å². The fourth-order valence-electron chi connectivity index (χ4n) is 1.64. The number of carbonyl (C=O) groups is 2. The summed E-state index contributed by atoms with van der Waals surface area (Å²) < 4.78 is 5.38. The van der Waals surface area contributed by atoms with E-state index in [1.54, 1.807) is 13.0 Å². The van der Waals surface area contributed by atoms with Crippen LogP contribution < -0.4 is 10.1 Å². The second kappa shape index (κ2) is 6.93. The number of carbonyl (C=O) groups excluding carboxylic acids is 1. The number of hydrogen-bond donors (Lipinski definition) is 2. The van der Waals surface area contributed by atoms with Gasteiger partial charge in [-0.2, -0.15) is 0 Å². The summed E-state index contributed by atoms with van der Waals surface area (Å²) in [5.74, 6) is -0.895. The molecule has 0 aromatic heterocycles. The average Bonchev–Trinajstić information content (AvgIpc) is 2.45. The number of benzene rings is 1. The van der Waals surface area contributed by atoms with Crippen molar-refractivity contribution in [3.05, 3.63) is 29.8 Å². The largest absolute Gasteiger partial charge is 0.484 e. The SMILES string of the molecule is CCc1cccc(OCC(=O)NC(C)(CC)C(=O)O)c1. The Bertz CT molecular complexity index is 487. The number of hydrogen-bond acceptors (Lipinski definition) is 3. The molecule has 1 atom stereocenters. The average molecular weight is 279 g/mol. The van der Waals surface area contributed by atoms with E-state index in [1.165, 1.54) is 6.92 Å². The lowest BCUT2D eigenvalue weighted by molar-refractivity contribution is -0.147. The van der Waals surface area contributed by atoms with Crippen LogP contribution >= 0.6 is 0 Å². The summed E-state index contributed by atoms with van der Waals surface area (Å²) in [6.07, 6.45) is 1.19. The van der Waals surface area contributed by atoms with Crippen LogP contribution in [0.3, 0.4) is 0 Å². The first-order valence-electron chi connectivity index (χ1n) is 6.67. The minimum Gasteiger partial charge on any atom is -0.484 e. The number of ether oxygens (including phenoxy) is 1. The van der Waals surface area contributed by atoms with Gasteiger partial charge in [0.2, 0.25) is 0 Å². The molecule has 5 nitrogen and oxygen atoms in total. The minimum atomic E-state index is -1.26. The van der Waals surface area contributed by atoms with Crippen molar-refractivity contribution in [3.63, 3.8) is 0 Å². The maximum atomic E-state index is 11.8. The van der Waals surface area contributed by atoms with Gasteiger partial charge in [-0.05, 0) is 37.5 Å². The third-order valence-electron chi connectivity index (χ3n) is 3.27. The second-order valence-corrected chi connectivity index (χ2v) is 4.83. The number of nitrogens with one attached hydrogen (secondary N) is 1. The Hall–Kier alpha value is -2.04. The lowest BCUT2D eigenvalue weighted by Crippen LogP contribution is -2.53. The molecule has 0 aliphatic rings. The Morgan fingerprint density at radius 1 is 1.35 bits per heavy atom. The highest BCUT2D eigenvalue weighted by Gasteiger charge is 2.32. The fraction of sp³-hybridized carbons (Fsp3) is 0.467. The van der Waals surface area contributed by atoms with E-state index in [2.05, 4.69) is 5.32 Å². The topological polar surface area (TPSA) is 75.6 Å². The van der Waals surface area contributed by atoms with Crippen LogP contribution in [0.15, 0.2) is 24.3 Å². The van der Waals surface area contributed by atoms with E-state index in [-0.39, 0.29) is 6.61 Å². The first-order valence-corrected chi connectivity index (χ1v) is 6.67. The number of carboxylic acid groups (broad SMARTS) is 1. The molecule has 0 bridgehead atoms. The molecule has 1 aromatic rings. The fourth-order valence-corrected chi connectivity index (χ4v) is 1.64. The first-order chi connectivity index (χ1) is 9.41. The van der Waals surface area contributed by atoms with Crippen molar-refractivity contribution in [2.75, 3.05) is 6.61 Å². The van der Waals surface area contributed by atoms with Gasteiger partial charge in [0, 0.05) is 0 Å². The molecule has 0 aliphatic heterocycles. The lowest BCUT2D eigenvalue weighted by Gasteiger charge is -2.24. The predicted octanol–water partition coefficient (Wildman–Crippen LogP) is 2.00. The number of amides is 1. The summed E-state index contributed by atoms with van der Waals surface area (Å²) in [7, 11) is 0. The second-order valence-electron chi connectivity index (χ2n) is 4.83. The first kappa shape index (κ1) is 16.0. The van der Waals surface area contributed by atoms with Gasteiger partial charge < -0.3 is 15.2 Å². The van der Waals surface area contributed by atoms with Crippen LogP contribution in [-0.2, 0) is 16.0 Å². The quantitative estimate of drug-likeness (QED) is 0.800. The van der Waals surface area contributed by atoms with E-state index in [4.69, 9.17) is 9.84 Å². The third kappa shape index (κ3) is 4.26. The molecule has 20 heavy (non-hydrogen) atoms. The van der Waals surface area contributed by atoms with Crippen LogP contribution in [0.5, 0.6) is 5.75 Å². The summed E-state index contributed by atoms with van der Waals surface area (Å²) in [6, 6.07) is 7.47. The molecule has 0 spiro atoms. The normalized spacial score (nSPS) is 13.3. The highest BCUT2D eigenvalue weighted by molar-refractivity contribution is 5.87. The molecule has 0 aliphatic carbocycles. The summed E-state index contributed by atoms with van der Waals surface area (Å²) in [4.78, 5) is 22.8. The van der Waals surface area contributed by atoms with Crippen LogP contribution in [0.1, 0.15) is 32.8 Å². The molecule has 1 amide bonds. The number of carboxylic acids is 1. The maximum absolute atomic E-state index is 11.8. The highest BCUT2D eigenvalue weighted by Crippen LogP contribution is 2.14. The van der Waals surface area contributed by atoms with Gasteiger partial charge in [0.1, 0.15) is 11.3 Å². The summed E-state index contributed by atoms with van der Waals surface area (Å²) in [6.45, 7) is 5.02. The standard InChI is InChI=1S/C15H21NO4/c1-4-11-7-6-8-12(9-11)20-10-13(17)16-15(3,5-2)14(18)19/h6-9H,4-5,10H2,1-3H3,(H,16,17)(H,18,19). The number of aliphatic carboxylic acids is 1. The van der Waals surface area contributed by atoms with Gasteiger partial charge >= 0.3 is 5.97 Å². The van der Waals surface area contributed by atoms with Gasteiger partial charge in [0.25, 0.3) is 5.91 Å². The molecular formula is C15H21NO4. The van der Waals surface area contributed by atoms with Crippen LogP contribution in [0.2, 0.25) is 0 Å². The van der Waals surface area contributed by atoms with Crippen LogP contribution in [-0.4, -0.2) is 29.1 Å². The zero-order valence-corrected chi connectivity index (χ0v) is 12.1. The Morgan fingerprint density at radius 2 is 2.05 bits per heavy atom. The van der Waals surface area contributed by atoms with Crippen molar-refractivity contribution in [2.24, 2.45) is 0 Å². The molecule has 2 N–H and O–H groups in total. The Kier molecular flexibility index (Phi) is 5.55. The Labute approximate surface area is 118 Å². The van der Waals surface area contributed by atoms with Crippen LogP contribution in [0.25, 0.3) is 0 Å². The molecule has 1 rings (SSSR count).